The van der Waals surface area contributed by atoms with E-state index in [-0.39, 0.29) is 23.1 Å². The zero-order valence-electron chi connectivity index (χ0n) is 11.1. The third kappa shape index (κ3) is 4.20. The molecule has 1 rings (SSSR count). The topological polar surface area (TPSA) is 105 Å². The molecule has 7 heteroatoms. The van der Waals surface area contributed by atoms with Crippen LogP contribution in [0.4, 0.5) is 11.5 Å². The molecule has 2 N–H and O–H groups in total. The molecule has 0 aliphatic rings. The van der Waals surface area contributed by atoms with Gasteiger partial charge in [0.2, 0.25) is 5.82 Å². The summed E-state index contributed by atoms with van der Waals surface area (Å²) in [5.41, 5.74) is -0.524. The molecule has 1 atom stereocenters. The van der Waals surface area contributed by atoms with Crippen molar-refractivity contribution >= 4 is 17.5 Å². The largest absolute Gasteiger partial charge is 0.478 e. The van der Waals surface area contributed by atoms with Gasteiger partial charge in [0, 0.05) is 18.3 Å². The minimum atomic E-state index is -1.24. The zero-order valence-corrected chi connectivity index (χ0v) is 11.1. The van der Waals surface area contributed by atoms with E-state index in [1.807, 2.05) is 20.8 Å². The van der Waals surface area contributed by atoms with Gasteiger partial charge in [-0.15, -0.1) is 0 Å². The van der Waals surface area contributed by atoms with E-state index in [4.69, 9.17) is 5.11 Å². The Morgan fingerprint density at radius 3 is 2.63 bits per heavy atom. The molecule has 1 heterocycles. The van der Waals surface area contributed by atoms with Gasteiger partial charge >= 0.3 is 11.7 Å². The number of hydrogen-bond acceptors (Lipinski definition) is 5. The predicted octanol–water partition coefficient (Wildman–Crippen LogP) is 2.53. The lowest BCUT2D eigenvalue weighted by atomic mass is 10.1. The standard InChI is InChI=1S/C12H17N3O4/c1-7(2)4-8(3)14-11-10(15(18)19)5-9(6-13-11)12(16)17/h5-8H,4H2,1-3H3,(H,13,14)(H,16,17). The van der Waals surface area contributed by atoms with Crippen LogP contribution >= 0.6 is 0 Å². The van der Waals surface area contributed by atoms with Gasteiger partial charge in [-0.1, -0.05) is 13.8 Å². The lowest BCUT2D eigenvalue weighted by molar-refractivity contribution is -0.384. The predicted molar refractivity (Wildman–Crippen MR) is 70.4 cm³/mol. The van der Waals surface area contributed by atoms with Crippen LogP contribution in [-0.4, -0.2) is 27.0 Å². The molecule has 104 valence electrons. The Morgan fingerprint density at radius 2 is 2.16 bits per heavy atom. The number of nitrogens with zero attached hydrogens (tertiary/aromatic N) is 2. The number of carboxylic acid groups (broad SMARTS) is 1. The second kappa shape index (κ2) is 6.12. The Morgan fingerprint density at radius 1 is 1.53 bits per heavy atom. The van der Waals surface area contributed by atoms with Gasteiger partial charge in [-0.2, -0.15) is 0 Å². The molecule has 0 radical (unpaired) electrons. The molecule has 7 nitrogen and oxygen atoms in total. The SMILES string of the molecule is CC(C)CC(C)Nc1ncc(C(=O)O)cc1[N+](=O)[O-]. The first-order chi connectivity index (χ1) is 8.81. The van der Waals surface area contributed by atoms with E-state index >= 15 is 0 Å². The van der Waals surface area contributed by atoms with Crippen molar-refractivity contribution in [3.8, 4) is 0 Å². The Balaban J connectivity index is 3.00. The Labute approximate surface area is 110 Å². The van der Waals surface area contributed by atoms with Gasteiger partial charge in [0.05, 0.1) is 10.5 Å². The first kappa shape index (κ1) is 14.9. The van der Waals surface area contributed by atoms with Crippen molar-refractivity contribution in [2.45, 2.75) is 33.2 Å². The minimum absolute atomic E-state index is 0.0156. The summed E-state index contributed by atoms with van der Waals surface area (Å²) < 4.78 is 0. The highest BCUT2D eigenvalue weighted by molar-refractivity contribution is 5.88. The zero-order chi connectivity index (χ0) is 14.6. The molecule has 19 heavy (non-hydrogen) atoms. The van der Waals surface area contributed by atoms with Crippen molar-refractivity contribution in [2.75, 3.05) is 5.32 Å². The summed E-state index contributed by atoms with van der Waals surface area (Å²) >= 11 is 0. The van der Waals surface area contributed by atoms with Crippen LogP contribution in [0.25, 0.3) is 0 Å². The number of aromatic carboxylic acids is 1. The fourth-order valence-corrected chi connectivity index (χ4v) is 1.82. The van der Waals surface area contributed by atoms with Gasteiger partial charge in [0.1, 0.15) is 0 Å². The van der Waals surface area contributed by atoms with Gasteiger partial charge in [-0.25, -0.2) is 9.78 Å². The van der Waals surface area contributed by atoms with E-state index in [1.165, 1.54) is 0 Å². The average Bonchev–Trinajstić information content (AvgIpc) is 2.27. The van der Waals surface area contributed by atoms with Gasteiger partial charge in [0.25, 0.3) is 0 Å². The number of pyridine rings is 1. The number of nitro groups is 1. The molecule has 0 fully saturated rings. The summed E-state index contributed by atoms with van der Waals surface area (Å²) in [6, 6.07) is 1.03. The summed E-state index contributed by atoms with van der Waals surface area (Å²) in [4.78, 5) is 24.9. The van der Waals surface area contributed by atoms with Gasteiger partial charge in [0.15, 0.2) is 0 Å². The molecule has 0 amide bonds. The fourth-order valence-electron chi connectivity index (χ4n) is 1.82. The number of nitrogens with one attached hydrogen (secondary N) is 1. The maximum atomic E-state index is 10.9. The van der Waals surface area contributed by atoms with Crippen LogP contribution in [0.2, 0.25) is 0 Å². The van der Waals surface area contributed by atoms with E-state index in [0.717, 1.165) is 18.7 Å². The van der Waals surface area contributed by atoms with Crippen LogP contribution in [0.1, 0.15) is 37.6 Å². The smallest absolute Gasteiger partial charge is 0.337 e. The molecule has 1 aromatic rings. The number of hydrogen-bond donors (Lipinski definition) is 2. The van der Waals surface area contributed by atoms with Gasteiger partial charge < -0.3 is 10.4 Å². The van der Waals surface area contributed by atoms with E-state index in [9.17, 15) is 14.9 Å². The molecule has 0 aromatic carbocycles. The van der Waals surface area contributed by atoms with Crippen molar-refractivity contribution in [1.29, 1.82) is 0 Å². The highest BCUT2D eigenvalue weighted by atomic mass is 16.6. The maximum Gasteiger partial charge on any atom is 0.337 e. The summed E-state index contributed by atoms with van der Waals surface area (Å²) in [6.45, 7) is 6.00. The fraction of sp³-hybridized carbons (Fsp3) is 0.500. The molecule has 0 saturated carbocycles. The highest BCUT2D eigenvalue weighted by Gasteiger charge is 2.20. The molecule has 0 aliphatic heterocycles. The Bertz CT molecular complexity index is 488. The molecule has 0 spiro atoms. The Kier molecular flexibility index (Phi) is 4.80. The highest BCUT2D eigenvalue weighted by Crippen LogP contribution is 2.24. The quantitative estimate of drug-likeness (QED) is 0.606. The molecule has 1 unspecified atom stereocenters. The number of carbonyl (C=O) groups is 1. The van der Waals surface area contributed by atoms with E-state index in [1.54, 1.807) is 0 Å². The second-order valence-electron chi connectivity index (χ2n) is 4.83. The Hall–Kier alpha value is -2.18. The molecule has 1 aromatic heterocycles. The van der Waals surface area contributed by atoms with Gasteiger partial charge in [-0.05, 0) is 19.3 Å². The lowest BCUT2D eigenvalue weighted by Gasteiger charge is -2.16. The van der Waals surface area contributed by atoms with Crippen molar-refractivity contribution < 1.29 is 14.8 Å². The normalized spacial score (nSPS) is 12.2. The number of anilines is 1. The van der Waals surface area contributed by atoms with Crippen LogP contribution in [0, 0.1) is 16.0 Å². The first-order valence-corrected chi connectivity index (χ1v) is 5.95. The summed E-state index contributed by atoms with van der Waals surface area (Å²) in [5, 5.41) is 22.7. The molecular formula is C12H17N3O4. The van der Waals surface area contributed by atoms with E-state index in [2.05, 4.69) is 10.3 Å². The van der Waals surface area contributed by atoms with Crippen molar-refractivity contribution in [1.82, 2.24) is 4.98 Å². The summed E-state index contributed by atoms with van der Waals surface area (Å²) in [7, 11) is 0. The monoisotopic (exact) mass is 267 g/mol. The van der Waals surface area contributed by atoms with E-state index < -0.39 is 10.9 Å². The number of rotatable bonds is 6. The second-order valence-corrected chi connectivity index (χ2v) is 4.83. The third-order valence-corrected chi connectivity index (χ3v) is 2.52. The van der Waals surface area contributed by atoms with Crippen LogP contribution in [-0.2, 0) is 0 Å². The molecule has 0 saturated heterocycles. The molecular weight excluding hydrogens is 250 g/mol. The third-order valence-electron chi connectivity index (χ3n) is 2.52. The van der Waals surface area contributed by atoms with Crippen molar-refractivity contribution in [3.05, 3.63) is 27.9 Å². The molecule has 0 bridgehead atoms. The van der Waals surface area contributed by atoms with Crippen LogP contribution in [0.15, 0.2) is 12.3 Å². The van der Waals surface area contributed by atoms with Crippen LogP contribution < -0.4 is 5.32 Å². The van der Waals surface area contributed by atoms with Crippen LogP contribution in [0.3, 0.4) is 0 Å². The average molecular weight is 267 g/mol. The summed E-state index contributed by atoms with van der Waals surface area (Å²) in [5.74, 6) is -0.694. The lowest BCUT2D eigenvalue weighted by Crippen LogP contribution is -2.19. The maximum absolute atomic E-state index is 10.9. The molecule has 0 aliphatic carbocycles. The van der Waals surface area contributed by atoms with Crippen LogP contribution in [0.5, 0.6) is 0 Å². The minimum Gasteiger partial charge on any atom is -0.478 e. The number of aromatic nitrogens is 1. The summed E-state index contributed by atoms with van der Waals surface area (Å²) in [6.07, 6.45) is 1.94. The van der Waals surface area contributed by atoms with E-state index in [0.29, 0.717) is 5.92 Å². The van der Waals surface area contributed by atoms with Crippen molar-refractivity contribution in [2.24, 2.45) is 5.92 Å². The van der Waals surface area contributed by atoms with Gasteiger partial charge in [-0.3, -0.25) is 10.1 Å². The van der Waals surface area contributed by atoms with Crippen molar-refractivity contribution in [3.63, 3.8) is 0 Å². The first-order valence-electron chi connectivity index (χ1n) is 5.95. The number of carboxylic acids is 1.